The topological polar surface area (TPSA) is 116 Å². The van der Waals surface area contributed by atoms with Crippen LogP contribution in [0.15, 0.2) is 61.2 Å². The molecule has 0 unspecified atom stereocenters. The summed E-state index contributed by atoms with van der Waals surface area (Å²) in [6.07, 6.45) is 4.46. The molecule has 0 aliphatic rings. The number of nitrogens with one attached hydrogen (secondary N) is 1. The third-order valence-electron chi connectivity index (χ3n) is 3.93. The normalized spacial score (nSPS) is 10.6. The van der Waals surface area contributed by atoms with Crippen LogP contribution in [0.5, 0.6) is 11.6 Å². The number of para-hydroxylation sites is 1. The van der Waals surface area contributed by atoms with Crippen molar-refractivity contribution in [1.82, 2.24) is 19.9 Å². The quantitative estimate of drug-likeness (QED) is 0.409. The highest BCUT2D eigenvalue weighted by Crippen LogP contribution is 2.36. The second-order valence-corrected chi connectivity index (χ2v) is 5.91. The molecule has 4 rings (SSSR count). The van der Waals surface area contributed by atoms with Gasteiger partial charge in [0.15, 0.2) is 5.75 Å². The van der Waals surface area contributed by atoms with E-state index in [9.17, 15) is 10.1 Å². The maximum Gasteiger partial charge on any atom is 0.373 e. The molecule has 0 amide bonds. The van der Waals surface area contributed by atoms with Gasteiger partial charge >= 0.3 is 11.6 Å². The second kappa shape index (κ2) is 7.23. The molecule has 0 radical (unpaired) electrons. The summed E-state index contributed by atoms with van der Waals surface area (Å²) in [5.41, 5.74) is 1.15. The number of rotatable bonds is 5. The van der Waals surface area contributed by atoms with E-state index in [1.807, 2.05) is 25.1 Å². The minimum Gasteiger partial charge on any atom is -0.431 e. The van der Waals surface area contributed by atoms with Gasteiger partial charge in [-0.1, -0.05) is 24.3 Å². The summed E-state index contributed by atoms with van der Waals surface area (Å²) in [5.74, 6) is 0.580. The molecule has 138 valence electrons. The molecule has 28 heavy (non-hydrogen) atoms. The Labute approximate surface area is 159 Å². The number of pyridine rings is 2. The first-order valence-corrected chi connectivity index (χ1v) is 8.32. The molecule has 0 saturated carbocycles. The Morgan fingerprint density at radius 3 is 2.68 bits per heavy atom. The first-order chi connectivity index (χ1) is 13.6. The maximum absolute atomic E-state index is 11.7. The van der Waals surface area contributed by atoms with E-state index >= 15 is 0 Å². The van der Waals surface area contributed by atoms with Gasteiger partial charge in [-0.2, -0.15) is 4.98 Å². The number of aryl methyl sites for hydroxylation is 1. The summed E-state index contributed by atoms with van der Waals surface area (Å²) in [5, 5.41) is 15.4. The molecule has 0 spiro atoms. The van der Waals surface area contributed by atoms with Gasteiger partial charge in [0.25, 0.3) is 0 Å². The van der Waals surface area contributed by atoms with Gasteiger partial charge in [0.05, 0.1) is 4.92 Å². The molecule has 9 heteroatoms. The summed E-state index contributed by atoms with van der Waals surface area (Å²) < 4.78 is 5.77. The van der Waals surface area contributed by atoms with Crippen molar-refractivity contribution in [1.29, 1.82) is 0 Å². The number of hydrogen-bond donors (Lipinski definition) is 1. The van der Waals surface area contributed by atoms with Gasteiger partial charge in [-0.25, -0.2) is 9.97 Å². The van der Waals surface area contributed by atoms with Crippen LogP contribution in [0.4, 0.5) is 17.3 Å². The predicted molar refractivity (Wildman–Crippen MR) is 103 cm³/mol. The van der Waals surface area contributed by atoms with Crippen LogP contribution in [0, 0.1) is 17.0 Å². The van der Waals surface area contributed by atoms with Crippen molar-refractivity contribution >= 4 is 28.2 Å². The van der Waals surface area contributed by atoms with Crippen LogP contribution in [-0.2, 0) is 0 Å². The monoisotopic (exact) mass is 374 g/mol. The molecule has 0 saturated heterocycles. The Morgan fingerprint density at radius 2 is 1.89 bits per heavy atom. The van der Waals surface area contributed by atoms with Crippen molar-refractivity contribution in [2.45, 2.75) is 6.92 Å². The Balaban J connectivity index is 1.74. The minimum absolute atomic E-state index is 0.0143. The highest BCUT2D eigenvalue weighted by atomic mass is 16.6. The second-order valence-electron chi connectivity index (χ2n) is 5.91. The van der Waals surface area contributed by atoms with E-state index in [1.165, 1.54) is 6.33 Å². The van der Waals surface area contributed by atoms with Crippen molar-refractivity contribution in [2.75, 3.05) is 5.32 Å². The summed E-state index contributed by atoms with van der Waals surface area (Å²) in [6.45, 7) is 1.90. The molecule has 1 N–H and O–H groups in total. The zero-order chi connectivity index (χ0) is 19.5. The SMILES string of the molecule is Cc1ccc(Nc2ncnc(Oc3cccc4cccnc34)c2[N+](=O)[O-])nc1. The van der Waals surface area contributed by atoms with Gasteiger partial charge in [-0.15, -0.1) is 0 Å². The van der Waals surface area contributed by atoms with Crippen LogP contribution in [0.25, 0.3) is 10.9 Å². The molecule has 9 nitrogen and oxygen atoms in total. The lowest BCUT2D eigenvalue weighted by atomic mass is 10.2. The van der Waals surface area contributed by atoms with Crippen molar-refractivity contribution in [2.24, 2.45) is 0 Å². The maximum atomic E-state index is 11.7. The summed E-state index contributed by atoms with van der Waals surface area (Å²) in [6, 6.07) is 12.5. The van der Waals surface area contributed by atoms with Crippen LogP contribution in [-0.4, -0.2) is 24.9 Å². The van der Waals surface area contributed by atoms with Crippen molar-refractivity contribution in [3.8, 4) is 11.6 Å². The average molecular weight is 374 g/mol. The Kier molecular flexibility index (Phi) is 4.47. The van der Waals surface area contributed by atoms with Crippen molar-refractivity contribution in [3.05, 3.63) is 76.9 Å². The third kappa shape index (κ3) is 3.40. The fourth-order valence-corrected chi connectivity index (χ4v) is 2.62. The van der Waals surface area contributed by atoms with Crippen molar-refractivity contribution in [3.63, 3.8) is 0 Å². The summed E-state index contributed by atoms with van der Waals surface area (Å²) in [7, 11) is 0. The molecular weight excluding hydrogens is 360 g/mol. The van der Waals surface area contributed by atoms with Gasteiger partial charge in [-0.3, -0.25) is 15.1 Å². The van der Waals surface area contributed by atoms with Crippen LogP contribution in [0.2, 0.25) is 0 Å². The van der Waals surface area contributed by atoms with Crippen molar-refractivity contribution < 1.29 is 9.66 Å². The molecule has 0 fully saturated rings. The zero-order valence-electron chi connectivity index (χ0n) is 14.7. The molecule has 4 aromatic rings. The number of nitro groups is 1. The molecular formula is C19H14N6O3. The van der Waals surface area contributed by atoms with Crippen LogP contribution >= 0.6 is 0 Å². The summed E-state index contributed by atoms with van der Waals surface area (Å²) in [4.78, 5) is 27.5. The lowest BCUT2D eigenvalue weighted by molar-refractivity contribution is -0.385. The minimum atomic E-state index is -0.593. The van der Waals surface area contributed by atoms with Crippen LogP contribution < -0.4 is 10.1 Å². The molecule has 0 aliphatic heterocycles. The smallest absolute Gasteiger partial charge is 0.373 e. The van der Waals surface area contributed by atoms with E-state index in [-0.39, 0.29) is 11.7 Å². The lowest BCUT2D eigenvalue weighted by Crippen LogP contribution is -2.04. The van der Waals surface area contributed by atoms with E-state index < -0.39 is 10.6 Å². The van der Waals surface area contributed by atoms with Crippen LogP contribution in [0.1, 0.15) is 5.56 Å². The number of aromatic nitrogens is 4. The molecule has 1 aromatic carbocycles. The van der Waals surface area contributed by atoms with Gasteiger partial charge < -0.3 is 10.1 Å². The van der Waals surface area contributed by atoms with Crippen LogP contribution in [0.3, 0.4) is 0 Å². The van der Waals surface area contributed by atoms with E-state index in [0.717, 1.165) is 10.9 Å². The predicted octanol–water partition coefficient (Wildman–Crippen LogP) is 4.17. The lowest BCUT2D eigenvalue weighted by Gasteiger charge is -2.10. The average Bonchev–Trinajstić information content (AvgIpc) is 2.70. The molecule has 3 aromatic heterocycles. The highest BCUT2D eigenvalue weighted by molar-refractivity contribution is 5.84. The summed E-state index contributed by atoms with van der Waals surface area (Å²) >= 11 is 0. The molecule has 0 aliphatic carbocycles. The van der Waals surface area contributed by atoms with E-state index in [4.69, 9.17) is 4.74 Å². The fraction of sp³-hybridized carbons (Fsp3) is 0.0526. The Morgan fingerprint density at radius 1 is 1.04 bits per heavy atom. The van der Waals surface area contributed by atoms with Gasteiger partial charge in [0.2, 0.25) is 5.82 Å². The standard InChI is InChI=1S/C19H14N6O3/c1-12-7-8-15(21-10-12)24-18-17(25(26)27)19(23-11-22-18)28-14-6-2-4-13-5-3-9-20-16(13)14/h2-11H,1H3,(H,21,22,23,24). The number of benzene rings is 1. The van der Waals surface area contributed by atoms with Gasteiger partial charge in [-0.05, 0) is 30.7 Å². The number of ether oxygens (including phenoxy) is 1. The molecule has 0 atom stereocenters. The van der Waals surface area contributed by atoms with E-state index in [2.05, 4.69) is 25.3 Å². The fourth-order valence-electron chi connectivity index (χ4n) is 2.62. The Bertz CT molecular complexity index is 1160. The molecule has 3 heterocycles. The zero-order valence-corrected chi connectivity index (χ0v) is 14.7. The van der Waals surface area contributed by atoms with E-state index in [0.29, 0.717) is 17.1 Å². The highest BCUT2D eigenvalue weighted by Gasteiger charge is 2.26. The number of hydrogen-bond acceptors (Lipinski definition) is 8. The van der Waals surface area contributed by atoms with E-state index in [1.54, 1.807) is 36.7 Å². The number of nitrogens with zero attached hydrogens (tertiary/aromatic N) is 5. The van der Waals surface area contributed by atoms with Gasteiger partial charge in [0.1, 0.15) is 17.7 Å². The third-order valence-corrected chi connectivity index (χ3v) is 3.93. The largest absolute Gasteiger partial charge is 0.431 e. The first kappa shape index (κ1) is 17.3. The Hall–Kier alpha value is -4.14. The number of anilines is 2. The number of fused-ring (bicyclic) bond motifs is 1. The first-order valence-electron chi connectivity index (χ1n) is 8.32. The van der Waals surface area contributed by atoms with Gasteiger partial charge in [0, 0.05) is 17.8 Å². The molecule has 0 bridgehead atoms.